The van der Waals surface area contributed by atoms with Gasteiger partial charge in [-0.1, -0.05) is 13.0 Å². The van der Waals surface area contributed by atoms with E-state index in [2.05, 4.69) is 30.0 Å². The highest BCUT2D eigenvalue weighted by atomic mass is 16.7. The van der Waals surface area contributed by atoms with Crippen LogP contribution in [-0.2, 0) is 4.74 Å². The van der Waals surface area contributed by atoms with Gasteiger partial charge in [0.15, 0.2) is 29.2 Å². The number of nitrogens with zero attached hydrogens (tertiary/aromatic N) is 1. The number of methoxy groups -OCH3 is 2. The molecule has 0 N–H and O–H groups in total. The van der Waals surface area contributed by atoms with Crippen LogP contribution in [0.15, 0.2) is 30.3 Å². The van der Waals surface area contributed by atoms with Gasteiger partial charge in [0.1, 0.15) is 5.75 Å². The van der Waals surface area contributed by atoms with E-state index < -0.39 is 0 Å². The number of ether oxygens (including phenoxy) is 6. The zero-order chi connectivity index (χ0) is 20.7. The number of benzene rings is 2. The molecule has 0 unspecified atom stereocenters. The molecule has 0 saturated carbocycles. The van der Waals surface area contributed by atoms with Crippen LogP contribution in [0, 0.1) is 5.92 Å². The van der Waals surface area contributed by atoms with E-state index in [0.717, 1.165) is 66.2 Å². The smallest absolute Gasteiger partial charge is 0.231 e. The van der Waals surface area contributed by atoms with Gasteiger partial charge < -0.3 is 28.4 Å². The summed E-state index contributed by atoms with van der Waals surface area (Å²) < 4.78 is 34.4. The van der Waals surface area contributed by atoms with Gasteiger partial charge in [-0.25, -0.2) is 0 Å². The third-order valence-electron chi connectivity index (χ3n) is 6.24. The van der Waals surface area contributed by atoms with Crippen LogP contribution in [0.4, 0.5) is 0 Å². The van der Waals surface area contributed by atoms with Crippen LogP contribution in [0.1, 0.15) is 24.0 Å². The molecule has 30 heavy (non-hydrogen) atoms. The third-order valence-corrected chi connectivity index (χ3v) is 6.24. The van der Waals surface area contributed by atoms with Gasteiger partial charge in [0.05, 0.1) is 27.4 Å². The monoisotopic (exact) mass is 413 g/mol. The lowest BCUT2D eigenvalue weighted by Crippen LogP contribution is -2.52. The van der Waals surface area contributed by atoms with Crippen molar-refractivity contribution in [1.29, 1.82) is 0 Å². The zero-order valence-electron chi connectivity index (χ0n) is 17.6. The van der Waals surface area contributed by atoms with Crippen molar-refractivity contribution in [3.8, 4) is 28.7 Å². The second-order valence-electron chi connectivity index (χ2n) is 7.85. The molecule has 1 saturated heterocycles. The molecule has 1 fully saturated rings. The molecule has 0 aliphatic carbocycles. The molecule has 0 aromatic heterocycles. The first-order chi connectivity index (χ1) is 14.7. The Hall–Kier alpha value is -2.64. The summed E-state index contributed by atoms with van der Waals surface area (Å²) in [6.07, 6.45) is -0.0557. The molecule has 0 radical (unpaired) electrons. The second-order valence-corrected chi connectivity index (χ2v) is 7.85. The van der Waals surface area contributed by atoms with E-state index in [0.29, 0.717) is 0 Å². The van der Waals surface area contributed by atoms with Crippen molar-refractivity contribution in [2.45, 2.75) is 19.1 Å². The Balaban J connectivity index is 1.60. The van der Waals surface area contributed by atoms with Crippen molar-refractivity contribution in [3.05, 3.63) is 41.5 Å². The topological polar surface area (TPSA) is 58.6 Å². The quantitative estimate of drug-likeness (QED) is 0.763. The van der Waals surface area contributed by atoms with Gasteiger partial charge in [-0.05, 0) is 23.8 Å². The van der Waals surface area contributed by atoms with Crippen molar-refractivity contribution < 1.29 is 28.4 Å². The van der Waals surface area contributed by atoms with Crippen LogP contribution < -0.4 is 23.7 Å². The predicted octanol–water partition coefficient (Wildman–Crippen LogP) is 3.25. The van der Waals surface area contributed by atoms with Gasteiger partial charge in [-0.3, -0.25) is 4.90 Å². The van der Waals surface area contributed by atoms with E-state index >= 15 is 0 Å². The lowest BCUT2D eigenvalue weighted by atomic mass is 9.78. The molecule has 0 spiro atoms. The average molecular weight is 413 g/mol. The van der Waals surface area contributed by atoms with Crippen molar-refractivity contribution in [3.63, 3.8) is 0 Å². The Labute approximate surface area is 176 Å². The summed E-state index contributed by atoms with van der Waals surface area (Å²) in [7, 11) is 3.32. The maximum Gasteiger partial charge on any atom is 0.231 e. The minimum Gasteiger partial charge on any atom is -0.493 e. The third kappa shape index (κ3) is 3.22. The molecule has 3 aliphatic rings. The Morgan fingerprint density at radius 2 is 1.63 bits per heavy atom. The van der Waals surface area contributed by atoms with Crippen LogP contribution >= 0.6 is 0 Å². The predicted molar refractivity (Wildman–Crippen MR) is 110 cm³/mol. The molecule has 7 nitrogen and oxygen atoms in total. The van der Waals surface area contributed by atoms with Crippen molar-refractivity contribution in [2.24, 2.45) is 5.92 Å². The fraction of sp³-hybridized carbons (Fsp3) is 0.478. The van der Waals surface area contributed by atoms with Gasteiger partial charge in [-0.15, -0.1) is 0 Å². The summed E-state index contributed by atoms with van der Waals surface area (Å²) in [6.45, 7) is 5.64. The molecule has 0 amide bonds. The normalized spacial score (nSPS) is 25.4. The Kier molecular flexibility index (Phi) is 5.08. The number of hydrogen-bond acceptors (Lipinski definition) is 7. The number of rotatable bonds is 4. The minimum atomic E-state index is -0.0557. The van der Waals surface area contributed by atoms with Crippen LogP contribution in [0.25, 0.3) is 0 Å². The Morgan fingerprint density at radius 1 is 0.900 bits per heavy atom. The number of hydrogen-bond donors (Lipinski definition) is 0. The molecule has 3 aliphatic heterocycles. The summed E-state index contributed by atoms with van der Waals surface area (Å²) in [6, 6.07) is 10.2. The summed E-state index contributed by atoms with van der Waals surface area (Å²) in [5, 5.41) is 0. The highest BCUT2D eigenvalue weighted by Crippen LogP contribution is 2.50. The van der Waals surface area contributed by atoms with Gasteiger partial charge in [0, 0.05) is 36.6 Å². The van der Waals surface area contributed by atoms with Crippen molar-refractivity contribution >= 4 is 0 Å². The first-order valence-corrected chi connectivity index (χ1v) is 10.3. The van der Waals surface area contributed by atoms with E-state index in [1.54, 1.807) is 14.2 Å². The molecule has 2 aromatic carbocycles. The number of morpholine rings is 1. The number of fused-ring (bicyclic) bond motifs is 2. The molecule has 7 heteroatoms. The summed E-state index contributed by atoms with van der Waals surface area (Å²) in [5.41, 5.74) is 2.25. The maximum atomic E-state index is 6.54. The summed E-state index contributed by atoms with van der Waals surface area (Å²) >= 11 is 0. The zero-order valence-corrected chi connectivity index (χ0v) is 17.6. The van der Waals surface area contributed by atoms with E-state index in [1.807, 2.05) is 12.1 Å². The molecule has 2 aromatic rings. The lowest BCUT2D eigenvalue weighted by Gasteiger charge is -2.44. The first kappa shape index (κ1) is 19.3. The summed E-state index contributed by atoms with van der Waals surface area (Å²) in [4.78, 5) is 2.37. The van der Waals surface area contributed by atoms with Gasteiger partial charge >= 0.3 is 0 Å². The first-order valence-electron chi connectivity index (χ1n) is 10.3. The molecular formula is C23H27NO6. The highest BCUT2D eigenvalue weighted by Gasteiger charge is 2.41. The van der Waals surface area contributed by atoms with Gasteiger partial charge in [0.2, 0.25) is 6.79 Å². The average Bonchev–Trinajstić information content (AvgIpc) is 3.25. The van der Waals surface area contributed by atoms with E-state index in [1.165, 1.54) is 0 Å². The fourth-order valence-electron chi connectivity index (χ4n) is 4.74. The van der Waals surface area contributed by atoms with Gasteiger partial charge in [0.25, 0.3) is 0 Å². The van der Waals surface area contributed by atoms with E-state index in [4.69, 9.17) is 28.4 Å². The fourth-order valence-corrected chi connectivity index (χ4v) is 4.74. The molecular weight excluding hydrogens is 386 g/mol. The highest BCUT2D eigenvalue weighted by molar-refractivity contribution is 5.57. The molecule has 5 rings (SSSR count). The van der Waals surface area contributed by atoms with Crippen molar-refractivity contribution in [1.82, 2.24) is 4.90 Å². The molecule has 3 heterocycles. The Bertz CT molecular complexity index is 926. The molecule has 160 valence electrons. The van der Waals surface area contributed by atoms with E-state index in [9.17, 15) is 0 Å². The van der Waals surface area contributed by atoms with Crippen LogP contribution in [0.3, 0.4) is 0 Å². The standard InChI is InChI=1S/C23H27NO6/c1-14-22(15-4-5-17(25-2)19(10-15)26-3)16-11-20-21(29-13-28-20)12-18(16)30-23(14)24-6-8-27-9-7-24/h4-5,10-12,14,22-23H,6-9,13H2,1-3H3/t14-,22+,23-/m0/s1. The van der Waals surface area contributed by atoms with Gasteiger partial charge in [-0.2, -0.15) is 0 Å². The molecule has 0 bridgehead atoms. The summed E-state index contributed by atoms with van der Waals surface area (Å²) in [5.74, 6) is 4.09. The van der Waals surface area contributed by atoms with E-state index in [-0.39, 0.29) is 24.9 Å². The van der Waals surface area contributed by atoms with Crippen LogP contribution in [0.2, 0.25) is 0 Å². The maximum absolute atomic E-state index is 6.54. The van der Waals surface area contributed by atoms with Crippen LogP contribution in [-0.4, -0.2) is 58.4 Å². The molecule has 3 atom stereocenters. The largest absolute Gasteiger partial charge is 0.493 e. The lowest BCUT2D eigenvalue weighted by molar-refractivity contribution is -0.0784. The second kappa shape index (κ2) is 7.89. The minimum absolute atomic E-state index is 0.0557. The van der Waals surface area contributed by atoms with Crippen molar-refractivity contribution in [2.75, 3.05) is 47.3 Å². The SMILES string of the molecule is COc1ccc([C@@H]2c3cc4c(cc3O[C@H](N3CCOCC3)[C@H]2C)OCO4)cc1OC. The Morgan fingerprint density at radius 3 is 2.37 bits per heavy atom. The van der Waals surface area contributed by atoms with Crippen LogP contribution in [0.5, 0.6) is 28.7 Å².